The van der Waals surface area contributed by atoms with Gasteiger partial charge in [-0.15, -0.1) is 16.3 Å². The molecule has 140 valence electrons. The van der Waals surface area contributed by atoms with Gasteiger partial charge in [0.05, 0.1) is 42.5 Å². The Bertz CT molecular complexity index is 893. The maximum absolute atomic E-state index is 12.2. The lowest BCUT2D eigenvalue weighted by Gasteiger charge is -2.18. The fraction of sp³-hybridized carbons (Fsp3) is 0.294. The Hall–Kier alpha value is -2.43. The van der Waals surface area contributed by atoms with E-state index in [9.17, 15) is 4.79 Å². The molecule has 1 saturated heterocycles. The van der Waals surface area contributed by atoms with Gasteiger partial charge in [-0.05, 0) is 0 Å². The van der Waals surface area contributed by atoms with Crippen LogP contribution >= 0.6 is 23.1 Å². The molecule has 0 radical (unpaired) electrons. The Morgan fingerprint density at radius 2 is 2.11 bits per heavy atom. The van der Waals surface area contributed by atoms with Gasteiger partial charge in [-0.2, -0.15) is 0 Å². The minimum absolute atomic E-state index is 0.165. The van der Waals surface area contributed by atoms with Gasteiger partial charge in [-0.3, -0.25) is 14.6 Å². The molecular weight excluding hydrogens is 386 g/mol. The van der Waals surface area contributed by atoms with Gasteiger partial charge in [0.25, 0.3) is 6.20 Å². The molecule has 10 heteroatoms. The second-order valence-corrected chi connectivity index (χ2v) is 7.83. The van der Waals surface area contributed by atoms with Crippen LogP contribution in [0.2, 0.25) is 0 Å². The van der Waals surface area contributed by atoms with E-state index in [4.69, 9.17) is 9.26 Å². The summed E-state index contributed by atoms with van der Waals surface area (Å²) >= 11 is 2.93. The quantitative estimate of drug-likeness (QED) is 0.495. The fourth-order valence-corrected chi connectivity index (χ4v) is 4.19. The van der Waals surface area contributed by atoms with Crippen molar-refractivity contribution in [2.45, 2.75) is 4.34 Å². The molecule has 1 aliphatic heterocycles. The Balaban J connectivity index is 1.29. The number of nitrogens with zero attached hydrogens (tertiary/aromatic N) is 4. The number of aromatic nitrogens is 3. The van der Waals surface area contributed by atoms with Crippen molar-refractivity contribution in [3.05, 3.63) is 41.9 Å². The van der Waals surface area contributed by atoms with Gasteiger partial charge in [0.2, 0.25) is 11.2 Å². The first-order valence-corrected chi connectivity index (χ1v) is 10.3. The van der Waals surface area contributed by atoms with Crippen molar-refractivity contribution in [1.82, 2.24) is 10.3 Å². The third-order valence-electron chi connectivity index (χ3n) is 3.87. The number of benzene rings is 1. The van der Waals surface area contributed by atoms with E-state index in [1.165, 1.54) is 23.1 Å². The van der Waals surface area contributed by atoms with Gasteiger partial charge in [0, 0.05) is 10.9 Å². The molecule has 0 atom stereocenters. The monoisotopic (exact) mass is 404 g/mol. The first kappa shape index (κ1) is 18.0. The van der Waals surface area contributed by atoms with Crippen molar-refractivity contribution < 1.29 is 18.8 Å². The zero-order chi connectivity index (χ0) is 18.5. The summed E-state index contributed by atoms with van der Waals surface area (Å²) in [5.74, 6) is 0.401. The van der Waals surface area contributed by atoms with Gasteiger partial charge in [-0.1, -0.05) is 42.1 Å². The molecule has 1 aliphatic rings. The van der Waals surface area contributed by atoms with Crippen molar-refractivity contribution in [2.75, 3.05) is 42.4 Å². The second-order valence-electron chi connectivity index (χ2n) is 5.75. The predicted molar refractivity (Wildman–Crippen MR) is 102 cm³/mol. The summed E-state index contributed by atoms with van der Waals surface area (Å²) in [4.78, 5) is 18.3. The molecule has 4 rings (SSSR count). The van der Waals surface area contributed by atoms with Crippen LogP contribution in [-0.4, -0.2) is 48.2 Å². The van der Waals surface area contributed by atoms with E-state index >= 15 is 0 Å². The average molecular weight is 404 g/mol. The third kappa shape index (κ3) is 4.65. The van der Waals surface area contributed by atoms with Crippen LogP contribution in [0.1, 0.15) is 0 Å². The number of hydrogen-bond acceptors (Lipinski definition) is 8. The molecule has 0 aliphatic carbocycles. The van der Waals surface area contributed by atoms with Crippen LogP contribution in [0.5, 0.6) is 0 Å². The molecule has 1 aromatic carbocycles. The molecular formula is C17H18N5O3S2+. The Morgan fingerprint density at radius 3 is 2.93 bits per heavy atom. The van der Waals surface area contributed by atoms with E-state index < -0.39 is 0 Å². The molecule has 0 unspecified atom stereocenters. The number of rotatable bonds is 6. The number of morpholine rings is 1. The fourth-order valence-electron chi connectivity index (χ4n) is 2.55. The number of carbonyl (C=O) groups excluding carboxylic acids is 1. The van der Waals surface area contributed by atoms with Crippen LogP contribution in [0.25, 0.3) is 11.3 Å². The van der Waals surface area contributed by atoms with E-state index in [0.717, 1.165) is 28.7 Å². The van der Waals surface area contributed by atoms with Gasteiger partial charge >= 0.3 is 5.88 Å². The van der Waals surface area contributed by atoms with Crippen LogP contribution < -0.4 is 15.1 Å². The van der Waals surface area contributed by atoms with E-state index in [2.05, 4.69) is 15.6 Å². The largest absolute Gasteiger partial charge is 0.377 e. The van der Waals surface area contributed by atoms with Gasteiger partial charge in [0.15, 0.2) is 4.34 Å². The van der Waals surface area contributed by atoms with Gasteiger partial charge in [0.1, 0.15) is 0 Å². The van der Waals surface area contributed by atoms with Crippen LogP contribution in [0.3, 0.4) is 0 Å². The predicted octanol–water partition coefficient (Wildman–Crippen LogP) is 1.78. The highest BCUT2D eigenvalue weighted by Crippen LogP contribution is 2.28. The van der Waals surface area contributed by atoms with Crippen LogP contribution in [-0.2, 0) is 9.53 Å². The van der Waals surface area contributed by atoms with E-state index in [-0.39, 0.29) is 11.7 Å². The van der Waals surface area contributed by atoms with Crippen LogP contribution in [0, 0.1) is 0 Å². The third-order valence-corrected chi connectivity index (χ3v) is 5.90. The maximum atomic E-state index is 12.2. The number of nitrogens with one attached hydrogen (secondary N) is 1. The number of carbonyl (C=O) groups is 1. The lowest BCUT2D eigenvalue weighted by molar-refractivity contribution is -0.759. The van der Waals surface area contributed by atoms with Crippen molar-refractivity contribution in [3.63, 3.8) is 0 Å². The molecule has 8 nitrogen and oxygen atoms in total. The van der Waals surface area contributed by atoms with Gasteiger partial charge < -0.3 is 4.74 Å². The number of amides is 1. The number of thiazole rings is 1. The second kappa shape index (κ2) is 8.51. The number of hydrogen-bond donors (Lipinski definition) is 1. The summed E-state index contributed by atoms with van der Waals surface area (Å²) in [6, 6.07) is 9.97. The SMILES string of the molecule is O=C(CSc1nc(-c2ccccc2)cs1)Nc1c[n+](N2CCOCC2)no1. The first-order chi connectivity index (χ1) is 13.3. The summed E-state index contributed by atoms with van der Waals surface area (Å²) in [5, 5.41) is 10.6. The summed E-state index contributed by atoms with van der Waals surface area (Å²) in [7, 11) is 0. The summed E-state index contributed by atoms with van der Waals surface area (Å²) in [6.45, 7) is 2.76. The first-order valence-electron chi connectivity index (χ1n) is 8.43. The minimum atomic E-state index is -0.165. The molecule has 0 saturated carbocycles. The lowest BCUT2D eigenvalue weighted by Crippen LogP contribution is -2.62. The molecule has 0 spiro atoms. The zero-order valence-electron chi connectivity index (χ0n) is 14.4. The van der Waals surface area contributed by atoms with Crippen molar-refractivity contribution >= 4 is 34.9 Å². The lowest BCUT2D eigenvalue weighted by atomic mass is 10.2. The topological polar surface area (TPSA) is 84.4 Å². The summed E-state index contributed by atoms with van der Waals surface area (Å²) in [6.07, 6.45) is 1.66. The zero-order valence-corrected chi connectivity index (χ0v) is 16.0. The summed E-state index contributed by atoms with van der Waals surface area (Å²) in [5.41, 5.74) is 1.99. The molecule has 3 aromatic rings. The normalized spacial score (nSPS) is 14.3. The summed E-state index contributed by atoms with van der Waals surface area (Å²) < 4.78 is 11.3. The average Bonchev–Trinajstić information content (AvgIpc) is 3.37. The Morgan fingerprint density at radius 1 is 1.30 bits per heavy atom. The highest BCUT2D eigenvalue weighted by molar-refractivity contribution is 8.01. The van der Waals surface area contributed by atoms with E-state index in [0.29, 0.717) is 19.1 Å². The molecule has 27 heavy (non-hydrogen) atoms. The van der Waals surface area contributed by atoms with Gasteiger partial charge in [-0.25, -0.2) is 4.98 Å². The molecule has 1 amide bonds. The molecule has 3 heterocycles. The Kier molecular flexibility index (Phi) is 5.66. The highest BCUT2D eigenvalue weighted by Gasteiger charge is 2.23. The van der Waals surface area contributed by atoms with Crippen LogP contribution in [0.15, 0.2) is 50.8 Å². The van der Waals surface area contributed by atoms with Crippen molar-refractivity contribution in [2.24, 2.45) is 0 Å². The maximum Gasteiger partial charge on any atom is 0.305 e. The minimum Gasteiger partial charge on any atom is -0.377 e. The van der Waals surface area contributed by atoms with Crippen LogP contribution in [0.4, 0.5) is 5.88 Å². The molecule has 1 N–H and O–H groups in total. The van der Waals surface area contributed by atoms with Crippen molar-refractivity contribution in [1.29, 1.82) is 0 Å². The smallest absolute Gasteiger partial charge is 0.305 e. The van der Waals surface area contributed by atoms with E-state index in [1.54, 1.807) is 11.0 Å². The number of ether oxygens (including phenoxy) is 1. The molecule has 1 fully saturated rings. The number of thioether (sulfide) groups is 1. The number of anilines is 1. The van der Waals surface area contributed by atoms with Crippen molar-refractivity contribution in [3.8, 4) is 11.3 Å². The Labute approximate surface area is 164 Å². The highest BCUT2D eigenvalue weighted by atomic mass is 32.2. The molecule has 0 bridgehead atoms. The molecule has 2 aromatic heterocycles. The standard InChI is InChI=1S/C17H17N5O3S2/c23-15(19-16-10-22(20-25-16)21-6-8-24-9-7-21)12-27-17-18-14(11-26-17)13-4-2-1-3-5-13/h1-5,10-11H,6-9,12H2/p+1. The van der Waals surface area contributed by atoms with E-state index in [1.807, 2.05) is 40.7 Å².